The highest BCUT2D eigenvalue weighted by Gasteiger charge is 2.28. The van der Waals surface area contributed by atoms with Gasteiger partial charge in [-0.1, -0.05) is 32.0 Å². The average molecular weight is 579 g/mol. The maximum absolute atomic E-state index is 13.5. The lowest BCUT2D eigenvalue weighted by Gasteiger charge is -2.26. The number of thiophene rings is 1. The molecule has 206 valence electrons. The molecule has 4 N–H and O–H groups in total. The standard InChI is InChI=1S/C26H34N4O5S3/c1-16(2)13-19(29-25(32)35-26(3,4)5)23(31)27-20(14-17-8-10-18(11-9-17)30-38(33)34)24-28-21(15-37-24)22-7-6-12-36-22/h6-12,15-16,19-20,30H,13-14H2,1-5H3,(H,27,31)(H,29,32)(H,33,34)/t19-,20-/m0/s1. The number of ether oxygens (including phenoxy) is 1. The molecule has 0 aliphatic rings. The van der Waals surface area contributed by atoms with E-state index < -0.39 is 35.0 Å². The molecule has 2 heterocycles. The molecule has 9 nitrogen and oxygen atoms in total. The molecule has 2 amide bonds. The smallest absolute Gasteiger partial charge is 0.408 e. The van der Waals surface area contributed by atoms with Gasteiger partial charge in [-0.3, -0.25) is 14.1 Å². The number of rotatable bonds is 11. The predicted octanol–water partition coefficient (Wildman–Crippen LogP) is 5.76. The Kier molecular flexibility index (Phi) is 10.4. The highest BCUT2D eigenvalue weighted by Crippen LogP contribution is 2.30. The van der Waals surface area contributed by atoms with Crippen molar-refractivity contribution >= 4 is 51.6 Å². The van der Waals surface area contributed by atoms with Crippen LogP contribution in [0.25, 0.3) is 10.6 Å². The first kappa shape index (κ1) is 29.8. The molecule has 3 atom stereocenters. The van der Waals surface area contributed by atoms with Crippen LogP contribution in [0.3, 0.4) is 0 Å². The third kappa shape index (κ3) is 9.50. The number of amides is 2. The van der Waals surface area contributed by atoms with E-state index in [0.717, 1.165) is 21.1 Å². The van der Waals surface area contributed by atoms with Crippen LogP contribution in [-0.2, 0) is 27.2 Å². The molecular formula is C26H34N4O5S3. The van der Waals surface area contributed by atoms with Crippen molar-refractivity contribution in [3.05, 3.63) is 57.7 Å². The molecule has 0 fully saturated rings. The summed E-state index contributed by atoms with van der Waals surface area (Å²) in [6, 6.07) is 9.78. The molecule has 0 bridgehead atoms. The quantitative estimate of drug-likeness (QED) is 0.214. The van der Waals surface area contributed by atoms with Gasteiger partial charge in [0.25, 0.3) is 11.3 Å². The van der Waals surface area contributed by atoms with Crippen molar-refractivity contribution in [2.75, 3.05) is 4.72 Å². The molecule has 0 aliphatic carbocycles. The highest BCUT2D eigenvalue weighted by molar-refractivity contribution is 7.80. The van der Waals surface area contributed by atoms with E-state index in [2.05, 4.69) is 15.4 Å². The molecule has 0 saturated carbocycles. The average Bonchev–Trinajstić information content (AvgIpc) is 3.49. The number of anilines is 1. The summed E-state index contributed by atoms with van der Waals surface area (Å²) in [7, 11) is 0. The topological polar surface area (TPSA) is 130 Å². The number of nitrogens with zero attached hydrogens (tertiary/aromatic N) is 1. The van der Waals surface area contributed by atoms with Gasteiger partial charge in [-0.15, -0.1) is 22.7 Å². The van der Waals surface area contributed by atoms with Gasteiger partial charge >= 0.3 is 6.09 Å². The predicted molar refractivity (Wildman–Crippen MR) is 153 cm³/mol. The summed E-state index contributed by atoms with van der Waals surface area (Å²) in [5.41, 5.74) is 1.56. The maximum atomic E-state index is 13.5. The molecule has 38 heavy (non-hydrogen) atoms. The molecular weight excluding hydrogens is 545 g/mol. The number of carbonyl (C=O) groups is 2. The number of nitrogens with one attached hydrogen (secondary N) is 3. The zero-order valence-electron chi connectivity index (χ0n) is 22.0. The lowest BCUT2D eigenvalue weighted by molar-refractivity contribution is -0.124. The molecule has 1 unspecified atom stereocenters. The molecule has 0 spiro atoms. The molecule has 2 aromatic heterocycles. The molecule has 12 heteroatoms. The van der Waals surface area contributed by atoms with Crippen molar-refractivity contribution in [2.45, 2.75) is 65.1 Å². The second-order valence-electron chi connectivity index (χ2n) is 10.2. The number of alkyl carbamates (subject to hydrolysis) is 1. The van der Waals surface area contributed by atoms with Crippen LogP contribution in [0.4, 0.5) is 10.5 Å². The Morgan fingerprint density at radius 3 is 2.39 bits per heavy atom. The highest BCUT2D eigenvalue weighted by atomic mass is 32.2. The van der Waals surface area contributed by atoms with Crippen LogP contribution in [0.5, 0.6) is 0 Å². The fourth-order valence-corrected chi connectivity index (χ4v) is 5.62. The molecule has 1 aromatic carbocycles. The van der Waals surface area contributed by atoms with Gasteiger partial charge in [0.2, 0.25) is 5.91 Å². The Hall–Kier alpha value is -2.80. The summed E-state index contributed by atoms with van der Waals surface area (Å²) >= 11 is 0.886. The molecule has 3 rings (SSSR count). The number of hydrogen-bond acceptors (Lipinski definition) is 7. The van der Waals surface area contributed by atoms with Crippen LogP contribution >= 0.6 is 22.7 Å². The summed E-state index contributed by atoms with van der Waals surface area (Å²) in [4.78, 5) is 31.8. The Morgan fingerprint density at radius 2 is 1.82 bits per heavy atom. The van der Waals surface area contributed by atoms with E-state index in [1.54, 1.807) is 44.2 Å². The fourth-order valence-electron chi connectivity index (χ4n) is 3.66. The van der Waals surface area contributed by atoms with E-state index in [4.69, 9.17) is 14.3 Å². The van der Waals surface area contributed by atoms with Gasteiger partial charge in [-0.2, -0.15) is 0 Å². The van der Waals surface area contributed by atoms with Gasteiger partial charge in [0.1, 0.15) is 16.7 Å². The summed E-state index contributed by atoms with van der Waals surface area (Å²) in [6.45, 7) is 9.28. The SMILES string of the molecule is CC(C)C[C@H](NC(=O)OC(C)(C)C)C(=O)N[C@@H](Cc1ccc(NS(=O)O)cc1)c1nc(-c2cccs2)cs1. The van der Waals surface area contributed by atoms with Crippen LogP contribution in [0, 0.1) is 5.92 Å². The van der Waals surface area contributed by atoms with E-state index >= 15 is 0 Å². The molecule has 0 saturated heterocycles. The first-order valence-corrected chi connectivity index (χ1v) is 15.0. The third-order valence-electron chi connectivity index (χ3n) is 5.22. The number of carbonyl (C=O) groups excluding carboxylic acids is 2. The van der Waals surface area contributed by atoms with Gasteiger partial charge < -0.3 is 15.4 Å². The number of benzene rings is 1. The van der Waals surface area contributed by atoms with Gasteiger partial charge in [-0.05, 0) is 68.7 Å². The van der Waals surface area contributed by atoms with Gasteiger partial charge in [0.05, 0.1) is 16.6 Å². The lowest BCUT2D eigenvalue weighted by Crippen LogP contribution is -2.49. The largest absolute Gasteiger partial charge is 0.444 e. The minimum absolute atomic E-state index is 0.154. The normalized spacial score (nSPS) is 14.0. The number of aromatic nitrogens is 1. The number of hydrogen-bond donors (Lipinski definition) is 4. The van der Waals surface area contributed by atoms with E-state index in [0.29, 0.717) is 18.5 Å². The first-order chi connectivity index (χ1) is 17.9. The summed E-state index contributed by atoms with van der Waals surface area (Å²) in [5.74, 6) is -0.169. The summed E-state index contributed by atoms with van der Waals surface area (Å²) in [6.07, 6.45) is 0.231. The van der Waals surface area contributed by atoms with E-state index in [1.807, 2.05) is 48.9 Å². The van der Waals surface area contributed by atoms with Gasteiger partial charge in [0, 0.05) is 11.1 Å². The summed E-state index contributed by atoms with van der Waals surface area (Å²) < 4.78 is 27.9. The Morgan fingerprint density at radius 1 is 1.11 bits per heavy atom. The zero-order valence-corrected chi connectivity index (χ0v) is 24.5. The monoisotopic (exact) mass is 578 g/mol. The zero-order chi connectivity index (χ0) is 27.9. The van der Waals surface area contributed by atoms with E-state index in [1.165, 1.54) is 11.3 Å². The lowest BCUT2D eigenvalue weighted by atomic mass is 10.0. The third-order valence-corrected chi connectivity index (χ3v) is 7.48. The second-order valence-corrected chi connectivity index (χ2v) is 12.7. The summed E-state index contributed by atoms with van der Waals surface area (Å²) in [5, 5.41) is 10.5. The van der Waals surface area contributed by atoms with Gasteiger partial charge in [-0.25, -0.2) is 14.0 Å². The van der Waals surface area contributed by atoms with Crippen LogP contribution in [0.2, 0.25) is 0 Å². The fraction of sp³-hybridized carbons (Fsp3) is 0.423. The van der Waals surface area contributed by atoms with Crippen molar-refractivity contribution in [2.24, 2.45) is 5.92 Å². The van der Waals surface area contributed by atoms with Crippen molar-refractivity contribution in [3.63, 3.8) is 0 Å². The van der Waals surface area contributed by atoms with Crippen molar-refractivity contribution in [1.82, 2.24) is 15.6 Å². The minimum atomic E-state index is -2.16. The maximum Gasteiger partial charge on any atom is 0.408 e. The van der Waals surface area contributed by atoms with Crippen LogP contribution in [0.15, 0.2) is 47.2 Å². The van der Waals surface area contributed by atoms with Crippen LogP contribution < -0.4 is 15.4 Å². The van der Waals surface area contributed by atoms with E-state index in [9.17, 15) is 13.8 Å². The van der Waals surface area contributed by atoms with Crippen LogP contribution in [0.1, 0.15) is 57.7 Å². The molecule has 0 radical (unpaired) electrons. The van der Waals surface area contributed by atoms with Crippen molar-refractivity contribution in [3.8, 4) is 10.6 Å². The Balaban J connectivity index is 1.84. The second kappa shape index (κ2) is 13.3. The van der Waals surface area contributed by atoms with E-state index in [-0.39, 0.29) is 11.8 Å². The van der Waals surface area contributed by atoms with Crippen LogP contribution in [-0.4, -0.2) is 37.4 Å². The van der Waals surface area contributed by atoms with Gasteiger partial charge in [0.15, 0.2) is 0 Å². The Labute approximate surface area is 233 Å². The Bertz CT molecular complexity index is 1220. The molecule has 0 aliphatic heterocycles. The number of thiazole rings is 1. The van der Waals surface area contributed by atoms with Crippen molar-refractivity contribution in [1.29, 1.82) is 0 Å². The first-order valence-electron chi connectivity index (χ1n) is 12.1. The minimum Gasteiger partial charge on any atom is -0.444 e. The molecule has 3 aromatic rings. The van der Waals surface area contributed by atoms with Crippen molar-refractivity contribution < 1.29 is 23.1 Å².